The number of allylic oxidation sites excluding steroid dienone is 1. The number of carbonyl (C=O) groups is 2. The molecule has 0 fully saturated rings. The van der Waals surface area contributed by atoms with E-state index in [1.54, 1.807) is 30.5 Å². The Morgan fingerprint density at radius 3 is 2.50 bits per heavy atom. The van der Waals surface area contributed by atoms with Gasteiger partial charge in [0.15, 0.2) is 0 Å². The van der Waals surface area contributed by atoms with Crippen molar-refractivity contribution >= 4 is 29.8 Å². The van der Waals surface area contributed by atoms with Gasteiger partial charge in [0.05, 0.1) is 12.3 Å². The molecular weight excluding hydrogens is 356 g/mol. The third-order valence-electron chi connectivity index (χ3n) is 3.94. The lowest BCUT2D eigenvalue weighted by Gasteiger charge is -2.08. The Morgan fingerprint density at radius 1 is 1.11 bits per heavy atom. The van der Waals surface area contributed by atoms with E-state index in [4.69, 9.17) is 10.8 Å². The van der Waals surface area contributed by atoms with Crippen molar-refractivity contribution in [1.82, 2.24) is 5.32 Å². The van der Waals surface area contributed by atoms with E-state index in [0.717, 1.165) is 16.8 Å². The van der Waals surface area contributed by atoms with Gasteiger partial charge >= 0.3 is 0 Å². The number of hydrogen-bond donors (Lipinski definition) is 5. The van der Waals surface area contributed by atoms with Crippen molar-refractivity contribution in [2.75, 3.05) is 23.8 Å². The average molecular weight is 380 g/mol. The Hall–Kier alpha value is -3.58. The van der Waals surface area contributed by atoms with Crippen LogP contribution in [-0.2, 0) is 4.79 Å². The van der Waals surface area contributed by atoms with Crippen LogP contribution in [0.3, 0.4) is 0 Å². The fraction of sp³-hybridized carbons (Fsp3) is 0.143. The lowest BCUT2D eigenvalue weighted by atomic mass is 10.1. The van der Waals surface area contributed by atoms with Gasteiger partial charge in [0.2, 0.25) is 6.41 Å². The number of benzene rings is 2. The number of nitrogens with two attached hydrogens (primary N) is 1. The molecule has 146 valence electrons. The summed E-state index contributed by atoms with van der Waals surface area (Å²) in [6.07, 6.45) is 4.19. The minimum Gasteiger partial charge on any atom is -0.397 e. The monoisotopic (exact) mass is 380 g/mol. The molecule has 0 heterocycles. The number of aliphatic hydroxyl groups excluding tert-OH is 1. The average Bonchev–Trinajstić information content (AvgIpc) is 2.72. The molecule has 28 heavy (non-hydrogen) atoms. The van der Waals surface area contributed by atoms with Gasteiger partial charge in [-0.3, -0.25) is 9.59 Å². The van der Waals surface area contributed by atoms with Gasteiger partial charge in [-0.25, -0.2) is 0 Å². The minimum absolute atomic E-state index is 0.0992. The predicted octanol–water partition coefficient (Wildman–Crippen LogP) is 2.29. The molecule has 2 rings (SSSR count). The molecule has 2 aromatic rings. The highest BCUT2D eigenvalue weighted by Gasteiger charge is 2.04. The van der Waals surface area contributed by atoms with Crippen molar-refractivity contribution in [1.29, 1.82) is 0 Å². The zero-order chi connectivity index (χ0) is 20.4. The third kappa shape index (κ3) is 6.00. The fourth-order valence-corrected chi connectivity index (χ4v) is 2.40. The van der Waals surface area contributed by atoms with Gasteiger partial charge in [0.1, 0.15) is 0 Å². The van der Waals surface area contributed by atoms with Gasteiger partial charge in [0.25, 0.3) is 5.91 Å². The van der Waals surface area contributed by atoms with E-state index in [1.807, 2.05) is 37.3 Å². The van der Waals surface area contributed by atoms with Gasteiger partial charge in [0, 0.05) is 29.7 Å². The van der Waals surface area contributed by atoms with Crippen LogP contribution in [0.25, 0.3) is 6.08 Å². The molecule has 0 unspecified atom stereocenters. The molecule has 0 saturated carbocycles. The molecule has 0 aromatic heterocycles. The quantitative estimate of drug-likeness (QED) is 0.338. The smallest absolute Gasteiger partial charge is 0.251 e. The summed E-state index contributed by atoms with van der Waals surface area (Å²) in [7, 11) is 0. The summed E-state index contributed by atoms with van der Waals surface area (Å²) in [6, 6.07) is 14.3. The van der Waals surface area contributed by atoms with E-state index < -0.39 is 0 Å². The molecule has 0 aliphatic rings. The van der Waals surface area contributed by atoms with Crippen LogP contribution in [0.2, 0.25) is 0 Å². The molecule has 0 aliphatic carbocycles. The van der Waals surface area contributed by atoms with Crippen molar-refractivity contribution in [3.63, 3.8) is 0 Å². The highest BCUT2D eigenvalue weighted by molar-refractivity contribution is 5.94. The lowest BCUT2D eigenvalue weighted by molar-refractivity contribution is -0.105. The molecule has 2 amide bonds. The van der Waals surface area contributed by atoms with Crippen LogP contribution in [-0.4, -0.2) is 30.6 Å². The van der Waals surface area contributed by atoms with Gasteiger partial charge < -0.3 is 26.8 Å². The number of rotatable bonds is 9. The molecular formula is C21H24N4O3. The number of aliphatic hydroxyl groups is 1. The molecule has 0 aliphatic heterocycles. The number of anilines is 2. The molecule has 0 radical (unpaired) electrons. The molecule has 7 heteroatoms. The molecule has 0 bridgehead atoms. The van der Waals surface area contributed by atoms with Crippen LogP contribution in [0, 0.1) is 0 Å². The normalized spacial score (nSPS) is 11.6. The number of hydrogen-bond acceptors (Lipinski definition) is 5. The van der Waals surface area contributed by atoms with E-state index in [1.165, 1.54) is 0 Å². The number of carbonyl (C=O) groups excluding carboxylic acids is 2. The Balaban J connectivity index is 2.05. The topological polar surface area (TPSA) is 116 Å². The summed E-state index contributed by atoms with van der Waals surface area (Å²) in [4.78, 5) is 22.5. The molecule has 0 atom stereocenters. The number of nitrogens with one attached hydrogen (secondary N) is 3. The van der Waals surface area contributed by atoms with Crippen LogP contribution in [0.1, 0.15) is 22.8 Å². The summed E-state index contributed by atoms with van der Waals surface area (Å²) in [5.74, 6) is -0.239. The predicted molar refractivity (Wildman–Crippen MR) is 112 cm³/mol. The minimum atomic E-state index is -0.239. The largest absolute Gasteiger partial charge is 0.397 e. The summed E-state index contributed by atoms with van der Waals surface area (Å²) in [5.41, 5.74) is 10.3. The molecule has 7 nitrogen and oxygen atoms in total. The Kier molecular flexibility index (Phi) is 7.80. The zero-order valence-electron chi connectivity index (χ0n) is 15.6. The van der Waals surface area contributed by atoms with Crippen molar-refractivity contribution in [2.24, 2.45) is 5.73 Å². The van der Waals surface area contributed by atoms with Gasteiger partial charge in [-0.2, -0.15) is 0 Å². The van der Waals surface area contributed by atoms with Crippen molar-refractivity contribution < 1.29 is 14.7 Å². The Bertz CT molecular complexity index is 873. The van der Waals surface area contributed by atoms with Crippen LogP contribution in [0.4, 0.5) is 11.4 Å². The van der Waals surface area contributed by atoms with Crippen molar-refractivity contribution in [3.05, 3.63) is 77.1 Å². The van der Waals surface area contributed by atoms with Gasteiger partial charge in [-0.15, -0.1) is 0 Å². The first kappa shape index (κ1) is 20.7. The Morgan fingerprint density at radius 2 is 1.82 bits per heavy atom. The Labute approximate surface area is 164 Å². The van der Waals surface area contributed by atoms with Gasteiger partial charge in [-0.1, -0.05) is 18.2 Å². The SMILES string of the molecule is CC(=C\c1ccccc1NC=O)/C(N)=C/Nc1ccc(C(=O)NCCO)cc1. The van der Waals surface area contributed by atoms with Crippen molar-refractivity contribution in [3.8, 4) is 0 Å². The summed E-state index contributed by atoms with van der Waals surface area (Å²) in [5, 5.41) is 17.1. The first-order valence-corrected chi connectivity index (χ1v) is 8.74. The van der Waals surface area contributed by atoms with Crippen LogP contribution in [0.5, 0.6) is 0 Å². The molecule has 0 spiro atoms. The van der Waals surface area contributed by atoms with Crippen LogP contribution >= 0.6 is 0 Å². The lowest BCUT2D eigenvalue weighted by Crippen LogP contribution is -2.26. The van der Waals surface area contributed by atoms with E-state index in [0.29, 0.717) is 23.4 Å². The van der Waals surface area contributed by atoms with E-state index >= 15 is 0 Å². The van der Waals surface area contributed by atoms with Gasteiger partial charge in [-0.05, 0) is 54.5 Å². The maximum atomic E-state index is 11.8. The van der Waals surface area contributed by atoms with E-state index in [9.17, 15) is 9.59 Å². The second kappa shape index (κ2) is 10.5. The maximum absolute atomic E-state index is 11.8. The highest BCUT2D eigenvalue weighted by atomic mass is 16.3. The van der Waals surface area contributed by atoms with Crippen LogP contribution in [0.15, 0.2) is 66.0 Å². The van der Waals surface area contributed by atoms with E-state index in [-0.39, 0.29) is 19.1 Å². The number of para-hydroxylation sites is 1. The number of amides is 2. The fourth-order valence-electron chi connectivity index (χ4n) is 2.40. The van der Waals surface area contributed by atoms with E-state index in [2.05, 4.69) is 16.0 Å². The second-order valence-electron chi connectivity index (χ2n) is 5.98. The van der Waals surface area contributed by atoms with Crippen molar-refractivity contribution in [2.45, 2.75) is 6.92 Å². The maximum Gasteiger partial charge on any atom is 0.251 e. The molecule has 6 N–H and O–H groups in total. The van der Waals surface area contributed by atoms with Crippen LogP contribution < -0.4 is 21.7 Å². The molecule has 2 aromatic carbocycles. The summed E-state index contributed by atoms with van der Waals surface area (Å²) < 4.78 is 0. The summed E-state index contributed by atoms with van der Waals surface area (Å²) >= 11 is 0. The summed E-state index contributed by atoms with van der Waals surface area (Å²) in [6.45, 7) is 1.99. The highest BCUT2D eigenvalue weighted by Crippen LogP contribution is 2.19. The third-order valence-corrected chi connectivity index (χ3v) is 3.94. The first-order valence-electron chi connectivity index (χ1n) is 8.74. The standard InChI is InChI=1S/C21H24N4O3/c1-15(12-17-4-2-3-5-20(17)25-14-27)19(22)13-24-18-8-6-16(7-9-18)21(28)23-10-11-26/h2-9,12-14,24,26H,10-11,22H2,1H3,(H,23,28)(H,25,27)/b15-12+,19-13-. The zero-order valence-corrected chi connectivity index (χ0v) is 15.6. The molecule has 0 saturated heterocycles. The second-order valence-corrected chi connectivity index (χ2v) is 5.98. The first-order chi connectivity index (χ1) is 13.5.